The maximum atomic E-state index is 12.4. The number of aromatic nitrogens is 1. The number of hydrogen-bond donors (Lipinski definition) is 1. The molecule has 112 valence electrons. The number of H-pyrrole nitrogens is 1. The van der Waals surface area contributed by atoms with Crippen molar-refractivity contribution in [2.45, 2.75) is 45.4 Å². The van der Waals surface area contributed by atoms with Gasteiger partial charge in [-0.05, 0) is 37.8 Å². The first-order valence-corrected chi connectivity index (χ1v) is 8.09. The van der Waals surface area contributed by atoms with Crippen molar-refractivity contribution in [2.75, 3.05) is 13.1 Å². The number of amides is 1. The van der Waals surface area contributed by atoms with Gasteiger partial charge >= 0.3 is 0 Å². The van der Waals surface area contributed by atoms with Gasteiger partial charge in [-0.1, -0.05) is 31.0 Å². The van der Waals surface area contributed by atoms with Crippen LogP contribution >= 0.6 is 0 Å². The van der Waals surface area contributed by atoms with Crippen LogP contribution in [0.3, 0.4) is 0 Å². The lowest BCUT2D eigenvalue weighted by atomic mass is 10.1. The Kier molecular flexibility index (Phi) is 4.28. The van der Waals surface area contributed by atoms with Crippen LogP contribution in [0.4, 0.5) is 0 Å². The number of aromatic amines is 1. The molecule has 3 nitrogen and oxygen atoms in total. The highest BCUT2D eigenvalue weighted by atomic mass is 16.2. The fourth-order valence-corrected chi connectivity index (χ4v) is 3.37. The second kappa shape index (κ2) is 6.33. The average molecular weight is 284 g/mol. The van der Waals surface area contributed by atoms with Gasteiger partial charge in [0.25, 0.3) is 0 Å². The van der Waals surface area contributed by atoms with Crippen LogP contribution in [0, 0.1) is 6.92 Å². The van der Waals surface area contributed by atoms with E-state index in [-0.39, 0.29) is 0 Å². The number of rotatable bonds is 3. The molecular weight excluding hydrogens is 260 g/mol. The van der Waals surface area contributed by atoms with Gasteiger partial charge in [0.1, 0.15) is 0 Å². The van der Waals surface area contributed by atoms with Crippen LogP contribution in [-0.4, -0.2) is 28.9 Å². The van der Waals surface area contributed by atoms with E-state index >= 15 is 0 Å². The summed E-state index contributed by atoms with van der Waals surface area (Å²) in [6, 6.07) is 8.35. The highest BCUT2D eigenvalue weighted by molar-refractivity contribution is 5.85. The molecule has 1 N–H and O–H groups in total. The van der Waals surface area contributed by atoms with Gasteiger partial charge in [-0.2, -0.15) is 0 Å². The third kappa shape index (κ3) is 3.12. The minimum atomic E-state index is 0.321. The highest BCUT2D eigenvalue weighted by Crippen LogP contribution is 2.23. The van der Waals surface area contributed by atoms with E-state index in [4.69, 9.17) is 0 Å². The summed E-state index contributed by atoms with van der Waals surface area (Å²) in [5.74, 6) is 0.321. The van der Waals surface area contributed by atoms with Crippen molar-refractivity contribution in [1.82, 2.24) is 9.88 Å². The number of carbonyl (C=O) groups is 1. The molecule has 1 amide bonds. The largest absolute Gasteiger partial charge is 0.358 e. The molecule has 21 heavy (non-hydrogen) atoms. The molecule has 3 heteroatoms. The molecule has 0 bridgehead atoms. The van der Waals surface area contributed by atoms with E-state index in [0.717, 1.165) is 32.4 Å². The molecule has 0 spiro atoms. The number of nitrogens with zero attached hydrogens (tertiary/aromatic N) is 1. The Balaban J connectivity index is 1.68. The van der Waals surface area contributed by atoms with Gasteiger partial charge in [-0.3, -0.25) is 4.79 Å². The quantitative estimate of drug-likeness (QED) is 0.914. The minimum absolute atomic E-state index is 0.321. The summed E-state index contributed by atoms with van der Waals surface area (Å²) in [4.78, 5) is 17.9. The number of benzene rings is 1. The topological polar surface area (TPSA) is 36.1 Å². The summed E-state index contributed by atoms with van der Waals surface area (Å²) in [6.07, 6.45) is 6.33. The van der Waals surface area contributed by atoms with E-state index in [1.807, 2.05) is 6.07 Å². The number of hydrogen-bond acceptors (Lipinski definition) is 1. The van der Waals surface area contributed by atoms with Gasteiger partial charge in [0.15, 0.2) is 0 Å². The monoisotopic (exact) mass is 284 g/mol. The molecule has 1 saturated heterocycles. The zero-order valence-corrected chi connectivity index (χ0v) is 12.8. The third-order valence-electron chi connectivity index (χ3n) is 4.57. The molecule has 0 aliphatic carbocycles. The second-order valence-electron chi connectivity index (χ2n) is 6.07. The van der Waals surface area contributed by atoms with Crippen molar-refractivity contribution in [1.29, 1.82) is 0 Å². The molecular formula is C18H24N2O. The van der Waals surface area contributed by atoms with E-state index in [1.54, 1.807) is 0 Å². The fourth-order valence-electron chi connectivity index (χ4n) is 3.37. The molecule has 1 fully saturated rings. The molecule has 1 aliphatic rings. The molecule has 0 radical (unpaired) electrons. The molecule has 0 saturated carbocycles. The number of para-hydroxylation sites is 1. The van der Waals surface area contributed by atoms with Crippen LogP contribution in [0.15, 0.2) is 24.3 Å². The van der Waals surface area contributed by atoms with Crippen molar-refractivity contribution in [3.05, 3.63) is 35.5 Å². The SMILES string of the molecule is Cc1[nH]c2ccccc2c1CCC(=O)N1CCCCCC1. The van der Waals surface area contributed by atoms with Gasteiger partial charge in [0.2, 0.25) is 5.91 Å². The lowest BCUT2D eigenvalue weighted by molar-refractivity contribution is -0.131. The second-order valence-corrected chi connectivity index (χ2v) is 6.07. The number of likely N-dealkylation sites (tertiary alicyclic amines) is 1. The summed E-state index contributed by atoms with van der Waals surface area (Å²) < 4.78 is 0. The Morgan fingerprint density at radius 1 is 1.14 bits per heavy atom. The first-order valence-electron chi connectivity index (χ1n) is 8.09. The van der Waals surface area contributed by atoms with E-state index in [2.05, 4.69) is 35.0 Å². The number of aryl methyl sites for hydroxylation is 2. The zero-order chi connectivity index (χ0) is 14.7. The van der Waals surface area contributed by atoms with Crippen LogP contribution in [0.25, 0.3) is 10.9 Å². The van der Waals surface area contributed by atoms with E-state index < -0.39 is 0 Å². The minimum Gasteiger partial charge on any atom is -0.358 e. The Morgan fingerprint density at radius 2 is 1.86 bits per heavy atom. The van der Waals surface area contributed by atoms with Crippen molar-refractivity contribution in [3.8, 4) is 0 Å². The number of carbonyl (C=O) groups excluding carboxylic acids is 1. The smallest absolute Gasteiger partial charge is 0.222 e. The van der Waals surface area contributed by atoms with Crippen LogP contribution in [0.1, 0.15) is 43.4 Å². The fraction of sp³-hybridized carbons (Fsp3) is 0.500. The summed E-state index contributed by atoms with van der Waals surface area (Å²) >= 11 is 0. The predicted molar refractivity (Wildman–Crippen MR) is 86.4 cm³/mol. The Morgan fingerprint density at radius 3 is 2.62 bits per heavy atom. The van der Waals surface area contributed by atoms with Crippen LogP contribution < -0.4 is 0 Å². The van der Waals surface area contributed by atoms with Gasteiger partial charge in [0.05, 0.1) is 0 Å². The molecule has 1 aromatic carbocycles. The molecule has 2 heterocycles. The van der Waals surface area contributed by atoms with E-state index in [9.17, 15) is 4.79 Å². The first-order chi connectivity index (χ1) is 10.3. The van der Waals surface area contributed by atoms with Crippen LogP contribution in [0.5, 0.6) is 0 Å². The molecule has 1 aromatic heterocycles. The third-order valence-corrected chi connectivity index (χ3v) is 4.57. The Labute approximate surface area is 126 Å². The molecule has 1 aliphatic heterocycles. The lowest BCUT2D eigenvalue weighted by Crippen LogP contribution is -2.31. The van der Waals surface area contributed by atoms with Gasteiger partial charge < -0.3 is 9.88 Å². The number of fused-ring (bicyclic) bond motifs is 1. The molecule has 3 rings (SSSR count). The van der Waals surface area contributed by atoms with E-state index in [0.29, 0.717) is 12.3 Å². The Hall–Kier alpha value is -1.77. The van der Waals surface area contributed by atoms with Crippen molar-refractivity contribution < 1.29 is 4.79 Å². The summed E-state index contributed by atoms with van der Waals surface area (Å²) in [6.45, 7) is 4.00. The molecule has 0 atom stereocenters. The van der Waals surface area contributed by atoms with E-state index in [1.165, 1.54) is 35.0 Å². The lowest BCUT2D eigenvalue weighted by Gasteiger charge is -2.20. The normalized spacial score (nSPS) is 16.1. The van der Waals surface area contributed by atoms with Crippen molar-refractivity contribution in [3.63, 3.8) is 0 Å². The summed E-state index contributed by atoms with van der Waals surface area (Å²) in [5.41, 5.74) is 3.67. The number of nitrogens with one attached hydrogen (secondary N) is 1. The van der Waals surface area contributed by atoms with Crippen LogP contribution in [-0.2, 0) is 11.2 Å². The van der Waals surface area contributed by atoms with Crippen LogP contribution in [0.2, 0.25) is 0 Å². The van der Waals surface area contributed by atoms with Crippen molar-refractivity contribution in [2.24, 2.45) is 0 Å². The zero-order valence-electron chi connectivity index (χ0n) is 12.8. The summed E-state index contributed by atoms with van der Waals surface area (Å²) in [5, 5.41) is 1.26. The van der Waals surface area contributed by atoms with Crippen molar-refractivity contribution >= 4 is 16.8 Å². The van der Waals surface area contributed by atoms with Gasteiger partial charge in [0, 0.05) is 36.1 Å². The highest BCUT2D eigenvalue weighted by Gasteiger charge is 2.16. The van der Waals surface area contributed by atoms with Gasteiger partial charge in [-0.15, -0.1) is 0 Å². The Bertz CT molecular complexity index is 621. The average Bonchev–Trinajstić information content (AvgIpc) is 2.68. The summed E-state index contributed by atoms with van der Waals surface area (Å²) in [7, 11) is 0. The maximum absolute atomic E-state index is 12.4. The standard InChI is InChI=1S/C18H24N2O/c1-14-15(16-8-4-5-9-17(16)19-14)10-11-18(21)20-12-6-2-3-7-13-20/h4-5,8-9,19H,2-3,6-7,10-13H2,1H3. The first kappa shape index (κ1) is 14.2. The maximum Gasteiger partial charge on any atom is 0.222 e. The molecule has 0 unspecified atom stereocenters. The van der Waals surface area contributed by atoms with Gasteiger partial charge in [-0.25, -0.2) is 0 Å². The predicted octanol–water partition coefficient (Wildman–Crippen LogP) is 3.81. The molecule has 2 aromatic rings.